The lowest BCUT2D eigenvalue weighted by atomic mass is 9.94. The van der Waals surface area contributed by atoms with Crippen molar-refractivity contribution in [3.63, 3.8) is 0 Å². The van der Waals surface area contributed by atoms with Crippen LogP contribution in [0, 0.1) is 6.92 Å². The van der Waals surface area contributed by atoms with Crippen LogP contribution in [0.25, 0.3) is 16.9 Å². The zero-order valence-corrected chi connectivity index (χ0v) is 17.0. The first-order valence-corrected chi connectivity index (χ1v) is 10.1. The van der Waals surface area contributed by atoms with Crippen molar-refractivity contribution in [3.8, 4) is 5.95 Å². The van der Waals surface area contributed by atoms with Gasteiger partial charge in [0.1, 0.15) is 5.82 Å². The summed E-state index contributed by atoms with van der Waals surface area (Å²) in [4.78, 5) is 25.7. The second-order valence-corrected chi connectivity index (χ2v) is 7.78. The number of hydrogen-bond donors (Lipinski definition) is 2. The summed E-state index contributed by atoms with van der Waals surface area (Å²) < 4.78 is 39.4. The number of aryl methyl sites for hydroxylation is 1. The van der Waals surface area contributed by atoms with Gasteiger partial charge in [-0.3, -0.25) is 9.89 Å². The number of H-pyrrole nitrogens is 2. The van der Waals surface area contributed by atoms with Crippen LogP contribution in [0.2, 0.25) is 0 Å². The van der Waals surface area contributed by atoms with Gasteiger partial charge in [0.25, 0.3) is 11.9 Å². The van der Waals surface area contributed by atoms with Gasteiger partial charge in [-0.25, -0.2) is 4.98 Å². The van der Waals surface area contributed by atoms with E-state index in [1.54, 1.807) is 4.90 Å². The molecule has 0 radical (unpaired) electrons. The van der Waals surface area contributed by atoms with Crippen LogP contribution in [0.3, 0.4) is 0 Å². The monoisotopic (exact) mass is 444 g/mol. The fraction of sp³-hybridized carbons (Fsp3) is 0.350. The van der Waals surface area contributed by atoms with Crippen LogP contribution < -0.4 is 0 Å². The summed E-state index contributed by atoms with van der Waals surface area (Å²) in [6.07, 6.45) is -2.90. The molecule has 0 spiro atoms. The molecule has 166 valence electrons. The lowest BCUT2D eigenvalue weighted by Gasteiger charge is -2.31. The molecule has 1 saturated heterocycles. The third-order valence-electron chi connectivity index (χ3n) is 5.59. The minimum absolute atomic E-state index is 0.0989. The largest absolute Gasteiger partial charge is 0.451 e. The van der Waals surface area contributed by atoms with E-state index in [1.807, 2.05) is 29.4 Å². The lowest BCUT2D eigenvalue weighted by molar-refractivity contribution is -0.144. The molecule has 32 heavy (non-hydrogen) atoms. The molecule has 1 aliphatic rings. The topological polar surface area (TPSA) is 108 Å². The highest BCUT2D eigenvalue weighted by molar-refractivity contribution is 5.90. The Morgan fingerprint density at radius 3 is 2.78 bits per heavy atom. The number of aromatic amines is 2. The maximum Gasteiger partial charge on any atom is 0.451 e. The number of hydrogen-bond acceptors (Lipinski definition) is 5. The molecule has 4 heterocycles. The Kier molecular flexibility index (Phi) is 4.72. The van der Waals surface area contributed by atoms with Crippen molar-refractivity contribution in [1.29, 1.82) is 0 Å². The van der Waals surface area contributed by atoms with E-state index >= 15 is 0 Å². The SMILES string of the molecule is Cc1nc(C(=O)N2CCCC(c3cc4ccccc4[nH]3)C2)nn1-c1n[nH]c(C(F)(F)F)n1. The van der Waals surface area contributed by atoms with Crippen molar-refractivity contribution < 1.29 is 18.0 Å². The molecule has 1 fully saturated rings. The fourth-order valence-electron chi connectivity index (χ4n) is 4.02. The van der Waals surface area contributed by atoms with Crippen molar-refractivity contribution in [2.45, 2.75) is 31.9 Å². The summed E-state index contributed by atoms with van der Waals surface area (Å²) in [5.41, 5.74) is 2.12. The number of likely N-dealkylation sites (tertiary alicyclic amines) is 1. The normalized spacial score (nSPS) is 17.2. The van der Waals surface area contributed by atoms with Gasteiger partial charge in [0.15, 0.2) is 0 Å². The second kappa shape index (κ2) is 7.46. The standard InChI is InChI=1S/C20H19F3N8O/c1-11-24-16(29-31(11)19-26-18(27-28-19)20(21,22)23)17(32)30-8-4-6-13(10-30)15-9-12-5-2-3-7-14(12)25-15/h2-3,5,7,9,13,25H,4,6,8,10H2,1H3,(H,26,27,28). The highest BCUT2D eigenvalue weighted by atomic mass is 19.4. The zero-order valence-electron chi connectivity index (χ0n) is 17.0. The number of rotatable bonds is 3. The van der Waals surface area contributed by atoms with Crippen molar-refractivity contribution >= 4 is 16.8 Å². The van der Waals surface area contributed by atoms with Gasteiger partial charge in [0.05, 0.1) is 0 Å². The molecule has 0 aliphatic carbocycles. The Bertz CT molecular complexity index is 1250. The quantitative estimate of drug-likeness (QED) is 0.505. The van der Waals surface area contributed by atoms with E-state index in [0.717, 1.165) is 34.1 Å². The van der Waals surface area contributed by atoms with Gasteiger partial charge in [-0.1, -0.05) is 18.2 Å². The van der Waals surface area contributed by atoms with Gasteiger partial charge in [-0.05, 0) is 37.3 Å². The smallest absolute Gasteiger partial charge is 0.358 e. The summed E-state index contributed by atoms with van der Waals surface area (Å²) in [6, 6.07) is 10.1. The van der Waals surface area contributed by atoms with Crippen LogP contribution >= 0.6 is 0 Å². The van der Waals surface area contributed by atoms with Gasteiger partial charge in [-0.15, -0.1) is 10.2 Å². The number of halogens is 3. The van der Waals surface area contributed by atoms with Crippen molar-refractivity contribution in [2.24, 2.45) is 0 Å². The first-order chi connectivity index (χ1) is 15.3. The van der Waals surface area contributed by atoms with E-state index < -0.39 is 12.0 Å². The molecule has 2 N–H and O–H groups in total. The molecule has 4 aromatic rings. The third-order valence-corrected chi connectivity index (χ3v) is 5.59. The Morgan fingerprint density at radius 1 is 1.22 bits per heavy atom. The number of benzene rings is 1. The van der Waals surface area contributed by atoms with E-state index in [-0.39, 0.29) is 29.4 Å². The molecule has 1 atom stereocenters. The predicted molar refractivity (Wildman–Crippen MR) is 107 cm³/mol. The van der Waals surface area contributed by atoms with Gasteiger partial charge in [0, 0.05) is 30.2 Å². The maximum atomic E-state index is 13.1. The number of piperidine rings is 1. The van der Waals surface area contributed by atoms with Gasteiger partial charge < -0.3 is 9.88 Å². The number of alkyl halides is 3. The lowest BCUT2D eigenvalue weighted by Crippen LogP contribution is -2.39. The molecular weight excluding hydrogens is 425 g/mol. The molecule has 1 aliphatic heterocycles. The number of fused-ring (bicyclic) bond motifs is 1. The van der Waals surface area contributed by atoms with E-state index in [9.17, 15) is 18.0 Å². The summed E-state index contributed by atoms with van der Waals surface area (Å²) in [7, 11) is 0. The van der Waals surface area contributed by atoms with Gasteiger partial charge in [0.2, 0.25) is 11.6 Å². The predicted octanol–water partition coefficient (Wildman–Crippen LogP) is 3.21. The van der Waals surface area contributed by atoms with Crippen LogP contribution in [-0.4, -0.2) is 58.8 Å². The molecule has 9 nitrogen and oxygen atoms in total. The number of carbonyl (C=O) groups is 1. The van der Waals surface area contributed by atoms with E-state index in [2.05, 4.69) is 31.2 Å². The first-order valence-electron chi connectivity index (χ1n) is 10.1. The summed E-state index contributed by atoms with van der Waals surface area (Å²) in [5, 5.41) is 10.6. The minimum atomic E-state index is -4.66. The Hall–Kier alpha value is -3.70. The van der Waals surface area contributed by atoms with Crippen molar-refractivity contribution in [1.82, 2.24) is 39.8 Å². The number of nitrogens with zero attached hydrogens (tertiary/aromatic N) is 6. The molecule has 0 bridgehead atoms. The van der Waals surface area contributed by atoms with Crippen LogP contribution in [0.15, 0.2) is 30.3 Å². The van der Waals surface area contributed by atoms with Gasteiger partial charge >= 0.3 is 6.18 Å². The van der Waals surface area contributed by atoms with Crippen LogP contribution in [0.1, 0.15) is 46.7 Å². The number of para-hydroxylation sites is 1. The highest BCUT2D eigenvalue weighted by Gasteiger charge is 2.36. The van der Waals surface area contributed by atoms with E-state index in [4.69, 9.17) is 0 Å². The van der Waals surface area contributed by atoms with E-state index in [0.29, 0.717) is 13.1 Å². The number of carbonyl (C=O) groups excluding carboxylic acids is 1. The number of amides is 1. The molecule has 3 aromatic heterocycles. The van der Waals surface area contributed by atoms with Crippen LogP contribution in [0.4, 0.5) is 13.2 Å². The van der Waals surface area contributed by atoms with Crippen LogP contribution in [0.5, 0.6) is 0 Å². The molecule has 5 rings (SSSR count). The Labute approximate surface area is 179 Å². The summed E-state index contributed by atoms with van der Waals surface area (Å²) in [5.74, 6) is -1.68. The zero-order chi connectivity index (χ0) is 22.5. The Balaban J connectivity index is 1.36. The second-order valence-electron chi connectivity index (χ2n) is 7.78. The molecule has 1 amide bonds. The van der Waals surface area contributed by atoms with Crippen LogP contribution in [-0.2, 0) is 6.18 Å². The molecule has 1 unspecified atom stereocenters. The first kappa shape index (κ1) is 20.2. The maximum absolute atomic E-state index is 13.1. The number of aromatic nitrogens is 7. The van der Waals surface area contributed by atoms with Gasteiger partial charge in [-0.2, -0.15) is 22.8 Å². The third kappa shape index (κ3) is 3.61. The average molecular weight is 444 g/mol. The minimum Gasteiger partial charge on any atom is -0.358 e. The summed E-state index contributed by atoms with van der Waals surface area (Å²) >= 11 is 0. The summed E-state index contributed by atoms with van der Waals surface area (Å²) in [6.45, 7) is 2.58. The van der Waals surface area contributed by atoms with Crippen molar-refractivity contribution in [2.75, 3.05) is 13.1 Å². The molecule has 0 saturated carbocycles. The van der Waals surface area contributed by atoms with Crippen molar-refractivity contribution in [3.05, 3.63) is 53.5 Å². The number of nitrogens with one attached hydrogen (secondary N) is 2. The molecule has 12 heteroatoms. The fourth-order valence-corrected chi connectivity index (χ4v) is 4.02. The highest BCUT2D eigenvalue weighted by Crippen LogP contribution is 2.30. The Morgan fingerprint density at radius 2 is 2.03 bits per heavy atom. The van der Waals surface area contributed by atoms with E-state index in [1.165, 1.54) is 6.92 Å². The average Bonchev–Trinajstić information content (AvgIpc) is 3.50. The molecular formula is C20H19F3N8O. The molecule has 1 aromatic carbocycles.